The second kappa shape index (κ2) is 5.59. The van der Waals surface area contributed by atoms with Gasteiger partial charge in [0.15, 0.2) is 0 Å². The number of amides is 2. The molecule has 0 saturated carbocycles. The minimum Gasteiger partial charge on any atom is -0.376 e. The molecule has 0 radical (unpaired) electrons. The molecule has 2 saturated heterocycles. The summed E-state index contributed by atoms with van der Waals surface area (Å²) in [4.78, 5) is 32.6. The highest BCUT2D eigenvalue weighted by atomic mass is 16.5. The number of nitrogens with zero attached hydrogens (tertiary/aromatic N) is 2. The molecule has 2 atom stereocenters. The van der Waals surface area contributed by atoms with Crippen LogP contribution in [0.1, 0.15) is 24.1 Å². The Morgan fingerprint density at radius 2 is 2.08 bits per heavy atom. The van der Waals surface area contributed by atoms with Crippen LogP contribution < -0.4 is 0 Å². The van der Waals surface area contributed by atoms with Gasteiger partial charge in [0.2, 0.25) is 11.8 Å². The first kappa shape index (κ1) is 15.0. The molecule has 5 rings (SSSR count). The van der Waals surface area contributed by atoms with Gasteiger partial charge in [-0.25, -0.2) is 0 Å². The number of hydrogen-bond acceptors (Lipinski definition) is 3. The Balaban J connectivity index is 1.45. The molecule has 1 aromatic heterocycles. The van der Waals surface area contributed by atoms with Crippen molar-refractivity contribution in [2.45, 2.75) is 38.0 Å². The van der Waals surface area contributed by atoms with E-state index in [1.807, 2.05) is 18.2 Å². The van der Waals surface area contributed by atoms with Gasteiger partial charge >= 0.3 is 0 Å². The summed E-state index contributed by atoms with van der Waals surface area (Å²) in [6, 6.07) is 7.76. The van der Waals surface area contributed by atoms with Crippen LogP contribution in [-0.4, -0.2) is 58.4 Å². The average Bonchev–Trinajstić information content (AvgIpc) is 3.25. The Labute approximate surface area is 145 Å². The third-order valence-corrected chi connectivity index (χ3v) is 5.70. The van der Waals surface area contributed by atoms with Crippen molar-refractivity contribution in [3.05, 3.63) is 35.5 Å². The van der Waals surface area contributed by atoms with Crippen molar-refractivity contribution in [3.8, 4) is 0 Å². The van der Waals surface area contributed by atoms with Gasteiger partial charge in [-0.05, 0) is 24.5 Å². The van der Waals surface area contributed by atoms with Crippen LogP contribution in [0.4, 0.5) is 0 Å². The lowest BCUT2D eigenvalue weighted by Crippen LogP contribution is -2.62. The molecule has 2 aromatic rings. The van der Waals surface area contributed by atoms with E-state index in [-0.39, 0.29) is 30.5 Å². The van der Waals surface area contributed by atoms with E-state index in [0.29, 0.717) is 19.5 Å². The highest BCUT2D eigenvalue weighted by molar-refractivity contribution is 5.96. The molecule has 1 aromatic carbocycles. The lowest BCUT2D eigenvalue weighted by Gasteiger charge is -2.43. The first-order chi connectivity index (χ1) is 12.2. The molecular formula is C19H21N3O3. The standard InChI is InChI=1S/C19H21N3O3/c23-18-11-21(9-12-4-3-7-25-12)19(24)17-8-14-13-5-1-2-6-15(13)20-16(14)10-22(17)18/h1-2,5-6,12,17,20H,3-4,7-11H2. The maximum Gasteiger partial charge on any atom is 0.246 e. The summed E-state index contributed by atoms with van der Waals surface area (Å²) in [5, 5.41) is 1.16. The number of rotatable bonds is 2. The SMILES string of the molecule is O=C1C2Cc3c([nH]c4ccccc34)CN2C(=O)CN1CC1CCCO1. The predicted molar refractivity (Wildman–Crippen MR) is 91.9 cm³/mol. The number of aromatic amines is 1. The molecular weight excluding hydrogens is 318 g/mol. The lowest BCUT2D eigenvalue weighted by molar-refractivity contribution is -0.158. The third-order valence-electron chi connectivity index (χ3n) is 5.70. The molecule has 130 valence electrons. The van der Waals surface area contributed by atoms with Gasteiger partial charge in [-0.15, -0.1) is 0 Å². The van der Waals surface area contributed by atoms with Gasteiger partial charge in [0, 0.05) is 36.2 Å². The number of fused-ring (bicyclic) bond motifs is 4. The Kier molecular flexibility index (Phi) is 3.35. The molecule has 2 unspecified atom stereocenters. The van der Waals surface area contributed by atoms with Gasteiger partial charge in [0.25, 0.3) is 0 Å². The van der Waals surface area contributed by atoms with E-state index in [1.165, 1.54) is 5.56 Å². The van der Waals surface area contributed by atoms with Gasteiger partial charge in [0.05, 0.1) is 19.2 Å². The second-order valence-corrected chi connectivity index (χ2v) is 7.22. The molecule has 3 aliphatic rings. The highest BCUT2D eigenvalue weighted by Crippen LogP contribution is 2.32. The van der Waals surface area contributed by atoms with Crippen molar-refractivity contribution in [1.29, 1.82) is 0 Å². The minimum absolute atomic E-state index is 0.0342. The molecule has 0 spiro atoms. The summed E-state index contributed by atoms with van der Waals surface area (Å²) < 4.78 is 5.65. The largest absolute Gasteiger partial charge is 0.376 e. The maximum absolute atomic E-state index is 13.0. The van der Waals surface area contributed by atoms with Crippen LogP contribution in [0.2, 0.25) is 0 Å². The van der Waals surface area contributed by atoms with Crippen LogP contribution in [0, 0.1) is 0 Å². The summed E-state index contributed by atoms with van der Waals surface area (Å²) in [6.07, 6.45) is 2.68. The highest BCUT2D eigenvalue weighted by Gasteiger charge is 2.43. The van der Waals surface area contributed by atoms with Gasteiger partial charge in [-0.2, -0.15) is 0 Å². The van der Waals surface area contributed by atoms with Gasteiger partial charge in [0.1, 0.15) is 6.04 Å². The number of para-hydroxylation sites is 1. The molecule has 1 N–H and O–H groups in total. The van der Waals surface area contributed by atoms with E-state index in [9.17, 15) is 9.59 Å². The van der Waals surface area contributed by atoms with E-state index < -0.39 is 0 Å². The fourth-order valence-corrected chi connectivity index (χ4v) is 4.42. The number of aromatic nitrogens is 1. The number of benzene rings is 1. The number of nitrogens with one attached hydrogen (secondary N) is 1. The topological polar surface area (TPSA) is 65.6 Å². The summed E-state index contributed by atoms with van der Waals surface area (Å²) in [5.74, 6) is 0.0953. The number of H-pyrrole nitrogens is 1. The fourth-order valence-electron chi connectivity index (χ4n) is 4.42. The van der Waals surface area contributed by atoms with Crippen LogP contribution in [0.3, 0.4) is 0 Å². The van der Waals surface area contributed by atoms with Crippen molar-refractivity contribution in [3.63, 3.8) is 0 Å². The van der Waals surface area contributed by atoms with Crippen molar-refractivity contribution in [1.82, 2.24) is 14.8 Å². The van der Waals surface area contributed by atoms with Crippen LogP contribution >= 0.6 is 0 Å². The second-order valence-electron chi connectivity index (χ2n) is 7.22. The number of carbonyl (C=O) groups is 2. The monoisotopic (exact) mass is 339 g/mol. The molecule has 2 fully saturated rings. The zero-order valence-corrected chi connectivity index (χ0v) is 14.0. The molecule has 0 bridgehead atoms. The smallest absolute Gasteiger partial charge is 0.246 e. The van der Waals surface area contributed by atoms with Crippen molar-refractivity contribution in [2.24, 2.45) is 0 Å². The van der Waals surface area contributed by atoms with E-state index in [4.69, 9.17) is 4.74 Å². The summed E-state index contributed by atoms with van der Waals surface area (Å²) in [6.45, 7) is 1.96. The minimum atomic E-state index is -0.380. The van der Waals surface area contributed by atoms with Crippen molar-refractivity contribution < 1.29 is 14.3 Å². The summed E-state index contributed by atoms with van der Waals surface area (Å²) in [5.41, 5.74) is 3.31. The first-order valence-corrected chi connectivity index (χ1v) is 8.99. The van der Waals surface area contributed by atoms with Gasteiger partial charge in [-0.3, -0.25) is 9.59 Å². The molecule has 6 nitrogen and oxygen atoms in total. The molecule has 0 aliphatic carbocycles. The third kappa shape index (κ3) is 2.35. The Bertz CT molecular complexity index is 853. The van der Waals surface area contributed by atoms with E-state index >= 15 is 0 Å². The van der Waals surface area contributed by atoms with Crippen LogP contribution in [0.15, 0.2) is 24.3 Å². The number of carbonyl (C=O) groups excluding carboxylic acids is 2. The molecule has 4 heterocycles. The summed E-state index contributed by atoms with van der Waals surface area (Å²) in [7, 11) is 0. The van der Waals surface area contributed by atoms with E-state index in [0.717, 1.165) is 36.0 Å². The van der Waals surface area contributed by atoms with E-state index in [1.54, 1.807) is 9.80 Å². The molecule has 25 heavy (non-hydrogen) atoms. The lowest BCUT2D eigenvalue weighted by atomic mass is 9.94. The van der Waals surface area contributed by atoms with Gasteiger partial charge in [-0.1, -0.05) is 18.2 Å². The van der Waals surface area contributed by atoms with Gasteiger partial charge < -0.3 is 19.5 Å². The molecule has 6 heteroatoms. The van der Waals surface area contributed by atoms with Crippen LogP contribution in [0.5, 0.6) is 0 Å². The Morgan fingerprint density at radius 1 is 1.20 bits per heavy atom. The number of piperazine rings is 1. The Morgan fingerprint density at radius 3 is 2.92 bits per heavy atom. The molecule has 3 aliphatic heterocycles. The number of hydrogen-bond donors (Lipinski definition) is 1. The van der Waals surface area contributed by atoms with Crippen molar-refractivity contribution >= 4 is 22.7 Å². The average molecular weight is 339 g/mol. The first-order valence-electron chi connectivity index (χ1n) is 8.99. The quantitative estimate of drug-likeness (QED) is 0.900. The zero-order valence-electron chi connectivity index (χ0n) is 14.0. The molecule has 2 amide bonds. The van der Waals surface area contributed by atoms with Crippen LogP contribution in [-0.2, 0) is 27.3 Å². The van der Waals surface area contributed by atoms with E-state index in [2.05, 4.69) is 11.1 Å². The zero-order chi connectivity index (χ0) is 17.0. The van der Waals surface area contributed by atoms with Crippen molar-refractivity contribution in [2.75, 3.05) is 19.7 Å². The summed E-state index contributed by atoms with van der Waals surface area (Å²) >= 11 is 0. The predicted octanol–water partition coefficient (Wildman–Crippen LogP) is 1.44. The Hall–Kier alpha value is -2.34. The normalized spacial score (nSPS) is 26.2. The fraction of sp³-hybridized carbons (Fsp3) is 0.474. The van der Waals surface area contributed by atoms with Crippen LogP contribution in [0.25, 0.3) is 10.9 Å². The maximum atomic E-state index is 13.0. The number of ether oxygens (including phenoxy) is 1.